The largest absolute Gasteiger partial charge is 0.497 e. The van der Waals surface area contributed by atoms with Gasteiger partial charge in [-0.15, -0.1) is 0 Å². The number of pyridine rings is 1. The Balaban J connectivity index is 1.78. The number of hydrogen-bond donors (Lipinski definition) is 0. The predicted molar refractivity (Wildman–Crippen MR) is 121 cm³/mol. The zero-order valence-corrected chi connectivity index (χ0v) is 18.7. The van der Waals surface area contributed by atoms with Gasteiger partial charge in [0.05, 0.1) is 18.7 Å². The fraction of sp³-hybridized carbons (Fsp3) is 0.240. The summed E-state index contributed by atoms with van der Waals surface area (Å²) in [5.41, 5.74) is 1.05. The van der Waals surface area contributed by atoms with E-state index in [2.05, 4.69) is 4.98 Å². The van der Waals surface area contributed by atoms with Crippen LogP contribution in [-0.2, 0) is 9.53 Å². The summed E-state index contributed by atoms with van der Waals surface area (Å²) in [5, 5.41) is 10.2. The average Bonchev–Trinajstić information content (AvgIpc) is 2.79. The van der Waals surface area contributed by atoms with E-state index in [-0.39, 0.29) is 17.5 Å². The summed E-state index contributed by atoms with van der Waals surface area (Å²) in [6.07, 6.45) is -1.18. The molecular formula is C25H23ClN2O4. The first-order valence-corrected chi connectivity index (χ1v) is 10.4. The van der Waals surface area contributed by atoms with Crippen LogP contribution < -0.4 is 9.47 Å². The number of aromatic nitrogens is 1. The molecule has 2 atom stereocenters. The van der Waals surface area contributed by atoms with Gasteiger partial charge in [-0.1, -0.05) is 49.7 Å². The van der Waals surface area contributed by atoms with Crippen LogP contribution in [0.15, 0.2) is 66.7 Å². The molecule has 0 amide bonds. The highest BCUT2D eigenvalue weighted by molar-refractivity contribution is 6.30. The van der Waals surface area contributed by atoms with Gasteiger partial charge in [-0.05, 0) is 41.8 Å². The van der Waals surface area contributed by atoms with Crippen LogP contribution in [0.3, 0.4) is 0 Å². The first-order valence-electron chi connectivity index (χ1n) is 10.1. The molecule has 0 fully saturated rings. The van der Waals surface area contributed by atoms with Gasteiger partial charge >= 0.3 is 5.97 Å². The number of benzene rings is 2. The third kappa shape index (κ3) is 5.77. The van der Waals surface area contributed by atoms with Crippen LogP contribution in [0.2, 0.25) is 5.02 Å². The lowest BCUT2D eigenvalue weighted by atomic mass is 9.88. The lowest BCUT2D eigenvalue weighted by Crippen LogP contribution is -2.23. The van der Waals surface area contributed by atoms with Crippen LogP contribution in [0.25, 0.3) is 0 Å². The van der Waals surface area contributed by atoms with Crippen molar-refractivity contribution in [3.63, 3.8) is 0 Å². The second kappa shape index (κ2) is 10.7. The van der Waals surface area contributed by atoms with E-state index in [0.717, 1.165) is 5.56 Å². The van der Waals surface area contributed by atoms with Crippen molar-refractivity contribution in [3.8, 4) is 23.4 Å². The summed E-state index contributed by atoms with van der Waals surface area (Å²) >= 11 is 5.97. The minimum atomic E-state index is -1.18. The van der Waals surface area contributed by atoms with E-state index in [1.165, 1.54) is 0 Å². The fourth-order valence-corrected chi connectivity index (χ4v) is 3.35. The zero-order chi connectivity index (χ0) is 23.1. The maximum absolute atomic E-state index is 13.0. The Labute approximate surface area is 192 Å². The molecule has 0 saturated carbocycles. The molecule has 0 aliphatic heterocycles. The lowest BCUT2D eigenvalue weighted by molar-refractivity contribution is -0.150. The van der Waals surface area contributed by atoms with E-state index in [4.69, 9.17) is 25.8 Å². The summed E-state index contributed by atoms with van der Waals surface area (Å²) in [6.45, 7) is 3.84. The van der Waals surface area contributed by atoms with Crippen molar-refractivity contribution >= 4 is 17.6 Å². The molecule has 0 aliphatic rings. The Morgan fingerprint density at radius 2 is 1.72 bits per heavy atom. The van der Waals surface area contributed by atoms with Crippen LogP contribution in [0.1, 0.15) is 37.1 Å². The second-order valence-electron chi connectivity index (χ2n) is 7.40. The molecule has 6 nitrogen and oxygen atoms in total. The van der Waals surface area contributed by atoms with Crippen molar-refractivity contribution in [2.24, 2.45) is 5.92 Å². The van der Waals surface area contributed by atoms with Crippen molar-refractivity contribution in [2.75, 3.05) is 7.11 Å². The number of rotatable bonds is 8. The molecule has 164 valence electrons. The van der Waals surface area contributed by atoms with E-state index in [0.29, 0.717) is 16.5 Å². The van der Waals surface area contributed by atoms with Crippen LogP contribution in [0.5, 0.6) is 17.4 Å². The quantitative estimate of drug-likeness (QED) is 0.386. The minimum absolute atomic E-state index is 0.0429. The van der Waals surface area contributed by atoms with Gasteiger partial charge in [-0.2, -0.15) is 5.26 Å². The number of esters is 1. The molecule has 3 rings (SSSR count). The Bertz CT molecular complexity index is 1110. The molecule has 0 aliphatic carbocycles. The normalized spacial score (nSPS) is 12.5. The SMILES string of the molecule is COc1cccc(Oc2cccc(C(C#N)OC(=O)C(c3ccc(Cl)cc3)C(C)C)n2)c1. The number of carbonyl (C=O) groups excluding carboxylic acids is 1. The van der Waals surface area contributed by atoms with Gasteiger partial charge in [0.15, 0.2) is 0 Å². The first kappa shape index (κ1) is 23.1. The number of carbonyl (C=O) groups is 1. The van der Waals surface area contributed by atoms with Gasteiger partial charge in [-0.25, -0.2) is 4.98 Å². The standard InChI is InChI=1S/C25H23ClN2O4/c1-16(2)24(17-10-12-18(26)13-11-17)25(29)32-22(15-27)21-8-5-9-23(28-21)31-20-7-4-6-19(14-20)30-3/h4-14,16,22,24H,1-3H3. The van der Waals surface area contributed by atoms with E-state index >= 15 is 0 Å². The maximum Gasteiger partial charge on any atom is 0.315 e. The van der Waals surface area contributed by atoms with Crippen molar-refractivity contribution in [3.05, 3.63) is 83.0 Å². The molecule has 7 heteroatoms. The monoisotopic (exact) mass is 450 g/mol. The molecular weight excluding hydrogens is 428 g/mol. The number of nitriles is 1. The highest BCUT2D eigenvalue weighted by Crippen LogP contribution is 2.30. The second-order valence-corrected chi connectivity index (χ2v) is 7.84. The van der Waals surface area contributed by atoms with Gasteiger partial charge in [-0.3, -0.25) is 4.79 Å². The maximum atomic E-state index is 13.0. The molecule has 0 N–H and O–H groups in total. The summed E-state index contributed by atoms with van der Waals surface area (Å²) in [7, 11) is 1.57. The highest BCUT2D eigenvalue weighted by atomic mass is 35.5. The van der Waals surface area contributed by atoms with Gasteiger partial charge in [0, 0.05) is 17.2 Å². The van der Waals surface area contributed by atoms with Crippen molar-refractivity contribution < 1.29 is 19.0 Å². The lowest BCUT2D eigenvalue weighted by Gasteiger charge is -2.21. The molecule has 2 unspecified atom stereocenters. The van der Waals surface area contributed by atoms with Crippen LogP contribution in [0, 0.1) is 17.2 Å². The number of ether oxygens (including phenoxy) is 3. The Kier molecular flexibility index (Phi) is 7.69. The molecule has 0 bridgehead atoms. The van der Waals surface area contributed by atoms with E-state index in [1.807, 2.05) is 19.9 Å². The van der Waals surface area contributed by atoms with Crippen LogP contribution in [0.4, 0.5) is 0 Å². The van der Waals surface area contributed by atoms with Gasteiger partial charge in [0.2, 0.25) is 12.0 Å². The van der Waals surface area contributed by atoms with Crippen molar-refractivity contribution in [1.82, 2.24) is 4.98 Å². The molecule has 1 heterocycles. The zero-order valence-electron chi connectivity index (χ0n) is 18.0. The molecule has 0 spiro atoms. The molecule has 2 aromatic carbocycles. The predicted octanol–water partition coefficient (Wildman–Crippen LogP) is 6.08. The summed E-state index contributed by atoms with van der Waals surface area (Å²) in [5.74, 6) is 0.351. The van der Waals surface area contributed by atoms with E-state index in [1.54, 1.807) is 73.8 Å². The van der Waals surface area contributed by atoms with Crippen LogP contribution in [-0.4, -0.2) is 18.1 Å². The number of halogens is 1. The highest BCUT2D eigenvalue weighted by Gasteiger charge is 2.29. The van der Waals surface area contributed by atoms with Gasteiger partial charge in [0.25, 0.3) is 0 Å². The van der Waals surface area contributed by atoms with E-state index in [9.17, 15) is 10.1 Å². The van der Waals surface area contributed by atoms with Gasteiger partial charge in [0.1, 0.15) is 17.6 Å². The summed E-state index contributed by atoms with van der Waals surface area (Å²) in [6, 6.07) is 21.1. The molecule has 32 heavy (non-hydrogen) atoms. The smallest absolute Gasteiger partial charge is 0.315 e. The van der Waals surface area contributed by atoms with Crippen LogP contribution >= 0.6 is 11.6 Å². The third-order valence-electron chi connectivity index (χ3n) is 4.78. The molecule has 1 aromatic heterocycles. The molecule has 0 radical (unpaired) electrons. The van der Waals surface area contributed by atoms with Crippen molar-refractivity contribution in [1.29, 1.82) is 5.26 Å². The number of methoxy groups -OCH3 is 1. The fourth-order valence-electron chi connectivity index (χ4n) is 3.22. The average molecular weight is 451 g/mol. The summed E-state index contributed by atoms with van der Waals surface area (Å²) in [4.78, 5) is 17.3. The van der Waals surface area contributed by atoms with Crippen molar-refractivity contribution in [2.45, 2.75) is 25.9 Å². The number of hydrogen-bond acceptors (Lipinski definition) is 6. The topological polar surface area (TPSA) is 81.4 Å². The summed E-state index contributed by atoms with van der Waals surface area (Å²) < 4.78 is 16.5. The van der Waals surface area contributed by atoms with Gasteiger partial charge < -0.3 is 14.2 Å². The Morgan fingerprint density at radius 1 is 1.03 bits per heavy atom. The number of nitrogens with zero attached hydrogens (tertiary/aromatic N) is 2. The van der Waals surface area contributed by atoms with E-state index < -0.39 is 18.0 Å². The minimum Gasteiger partial charge on any atom is -0.497 e. The first-order chi connectivity index (χ1) is 15.4. The Hall–Kier alpha value is -3.56. The third-order valence-corrected chi connectivity index (χ3v) is 5.03. The molecule has 0 saturated heterocycles. The molecule has 3 aromatic rings. The Morgan fingerprint density at radius 3 is 2.38 bits per heavy atom.